The summed E-state index contributed by atoms with van der Waals surface area (Å²) >= 11 is 0. The average molecular weight is 844 g/mol. The van der Waals surface area contributed by atoms with E-state index in [-0.39, 0.29) is 5.41 Å². The molecule has 66 heavy (non-hydrogen) atoms. The molecule has 0 radical (unpaired) electrons. The van der Waals surface area contributed by atoms with Crippen molar-refractivity contribution in [1.82, 2.24) is 0 Å². The molecule has 3 nitrogen and oxygen atoms in total. The van der Waals surface area contributed by atoms with Crippen molar-refractivity contribution in [3.63, 3.8) is 0 Å². The summed E-state index contributed by atoms with van der Waals surface area (Å²) in [5.41, 5.74) is 16.3. The molecule has 0 amide bonds. The number of fused-ring (bicyclic) bond motifs is 13. The van der Waals surface area contributed by atoms with Gasteiger partial charge in [0.05, 0.1) is 0 Å². The van der Waals surface area contributed by atoms with Gasteiger partial charge in [-0.1, -0.05) is 166 Å². The molecular weight excluding hydrogens is 803 g/mol. The Hall–Kier alpha value is -8.40. The van der Waals surface area contributed by atoms with Crippen LogP contribution in [0.25, 0.3) is 110 Å². The largest absolute Gasteiger partial charge is 0.455 e. The van der Waals surface area contributed by atoms with Crippen LogP contribution in [-0.4, -0.2) is 0 Å². The van der Waals surface area contributed by atoms with Gasteiger partial charge in [0.25, 0.3) is 0 Å². The Morgan fingerprint density at radius 3 is 1.77 bits per heavy atom. The second-order valence-electron chi connectivity index (χ2n) is 18.4. The Kier molecular flexibility index (Phi) is 7.74. The smallest absolute Gasteiger partial charge is 0.143 e. The zero-order chi connectivity index (χ0) is 43.7. The summed E-state index contributed by atoms with van der Waals surface area (Å²) < 4.78 is 13.7. The van der Waals surface area contributed by atoms with Crippen molar-refractivity contribution < 1.29 is 8.83 Å². The van der Waals surface area contributed by atoms with Gasteiger partial charge in [-0.3, -0.25) is 0 Å². The third kappa shape index (κ3) is 5.31. The molecule has 11 aromatic carbocycles. The van der Waals surface area contributed by atoms with Gasteiger partial charge in [-0.05, 0) is 120 Å². The number of furan rings is 2. The van der Waals surface area contributed by atoms with Crippen molar-refractivity contribution in [1.29, 1.82) is 0 Å². The highest BCUT2D eigenvalue weighted by Gasteiger charge is 2.36. The van der Waals surface area contributed by atoms with Crippen LogP contribution >= 0.6 is 0 Å². The first-order valence-electron chi connectivity index (χ1n) is 22.8. The third-order valence-corrected chi connectivity index (χ3v) is 14.4. The molecule has 1 aliphatic rings. The molecule has 0 aliphatic heterocycles. The fourth-order valence-electron chi connectivity index (χ4n) is 11.3. The fourth-order valence-corrected chi connectivity index (χ4v) is 11.3. The lowest BCUT2D eigenvalue weighted by Crippen LogP contribution is -2.16. The summed E-state index contributed by atoms with van der Waals surface area (Å²) in [6.45, 7) is 4.69. The number of para-hydroxylation sites is 2. The first-order chi connectivity index (χ1) is 32.5. The summed E-state index contributed by atoms with van der Waals surface area (Å²) in [6, 6.07) is 77.1. The van der Waals surface area contributed by atoms with E-state index in [1.54, 1.807) is 0 Å². The second-order valence-corrected chi connectivity index (χ2v) is 18.4. The van der Waals surface area contributed by atoms with E-state index in [4.69, 9.17) is 8.83 Å². The zero-order valence-corrected chi connectivity index (χ0v) is 36.5. The monoisotopic (exact) mass is 843 g/mol. The first-order valence-corrected chi connectivity index (χ1v) is 22.8. The zero-order valence-electron chi connectivity index (χ0n) is 36.5. The van der Waals surface area contributed by atoms with Crippen LogP contribution in [0.15, 0.2) is 221 Å². The van der Waals surface area contributed by atoms with Gasteiger partial charge < -0.3 is 13.7 Å². The minimum atomic E-state index is -0.156. The van der Waals surface area contributed by atoms with Gasteiger partial charge in [0.2, 0.25) is 0 Å². The highest BCUT2D eigenvalue weighted by atomic mass is 16.3. The first kappa shape index (κ1) is 37.0. The molecule has 0 atom stereocenters. The highest BCUT2D eigenvalue weighted by Crippen LogP contribution is 2.52. The molecule has 310 valence electrons. The summed E-state index contributed by atoms with van der Waals surface area (Å²) in [7, 11) is 0. The van der Waals surface area contributed by atoms with Crippen molar-refractivity contribution in [3.8, 4) is 33.4 Å². The van der Waals surface area contributed by atoms with Crippen LogP contribution in [0.3, 0.4) is 0 Å². The summed E-state index contributed by atoms with van der Waals surface area (Å²) in [4.78, 5) is 2.38. The maximum absolute atomic E-state index is 7.22. The van der Waals surface area contributed by atoms with Crippen LogP contribution in [0.1, 0.15) is 25.0 Å². The number of nitrogens with zero attached hydrogens (tertiary/aromatic N) is 1. The number of hydrogen-bond acceptors (Lipinski definition) is 3. The Morgan fingerprint density at radius 2 is 0.924 bits per heavy atom. The Balaban J connectivity index is 0.973. The van der Waals surface area contributed by atoms with Gasteiger partial charge in [0.15, 0.2) is 0 Å². The molecule has 0 saturated carbocycles. The van der Waals surface area contributed by atoms with Crippen LogP contribution in [0.5, 0.6) is 0 Å². The van der Waals surface area contributed by atoms with E-state index in [1.807, 2.05) is 12.1 Å². The lowest BCUT2D eigenvalue weighted by molar-refractivity contribution is 0.660. The topological polar surface area (TPSA) is 29.5 Å². The third-order valence-electron chi connectivity index (χ3n) is 14.4. The molecule has 0 saturated heterocycles. The minimum Gasteiger partial charge on any atom is -0.455 e. The Bertz CT molecular complexity index is 4150. The summed E-state index contributed by atoms with van der Waals surface area (Å²) in [5, 5.41) is 11.7. The fraction of sp³-hybridized carbons (Fsp3) is 0.0476. The van der Waals surface area contributed by atoms with Crippen molar-refractivity contribution in [2.75, 3.05) is 4.90 Å². The second kappa shape index (κ2) is 13.8. The number of benzene rings is 11. The van der Waals surface area contributed by atoms with Crippen molar-refractivity contribution in [2.24, 2.45) is 0 Å². The predicted molar refractivity (Wildman–Crippen MR) is 277 cm³/mol. The molecule has 0 unspecified atom stereocenters. The number of hydrogen-bond donors (Lipinski definition) is 0. The van der Waals surface area contributed by atoms with Crippen LogP contribution in [0.4, 0.5) is 17.1 Å². The normalized spacial score (nSPS) is 13.1. The quantitative estimate of drug-likeness (QED) is 0.162. The summed E-state index contributed by atoms with van der Waals surface area (Å²) in [6.07, 6.45) is 0. The molecule has 13 aromatic rings. The van der Waals surface area contributed by atoms with Crippen molar-refractivity contribution in [3.05, 3.63) is 223 Å². The molecular formula is C63H41NO2. The van der Waals surface area contributed by atoms with E-state index >= 15 is 0 Å². The van der Waals surface area contributed by atoms with E-state index in [1.165, 1.54) is 60.1 Å². The van der Waals surface area contributed by atoms with Gasteiger partial charge >= 0.3 is 0 Å². The van der Waals surface area contributed by atoms with Gasteiger partial charge in [-0.15, -0.1) is 0 Å². The maximum Gasteiger partial charge on any atom is 0.143 e. The number of anilines is 3. The molecule has 0 spiro atoms. The van der Waals surface area contributed by atoms with Gasteiger partial charge in [0, 0.05) is 61.2 Å². The van der Waals surface area contributed by atoms with Crippen LogP contribution < -0.4 is 4.90 Å². The highest BCUT2D eigenvalue weighted by molar-refractivity contribution is 6.24. The Labute approximate surface area is 381 Å². The number of rotatable bonds is 5. The maximum atomic E-state index is 7.22. The lowest BCUT2D eigenvalue weighted by Gasteiger charge is -2.28. The van der Waals surface area contributed by atoms with Crippen LogP contribution in [0, 0.1) is 0 Å². The molecule has 3 heteroatoms. The van der Waals surface area contributed by atoms with Crippen LogP contribution in [0.2, 0.25) is 0 Å². The standard InChI is InChI=1S/C63H41NO2/c1-63(2)56-24-11-9-20-49(56)50-32-30-42(36-57(50)63)64(41-28-26-38(27-29-41)46-22-13-23-53-51-21-10-12-25-58(51)65-61(46)53)43-31-33-52-55-35-40-15-4-6-17-45(40)60(62(55)66-59(52)37-43)54-34-39-14-3-5-16-44(39)47-18-7-8-19-48(47)54/h3-37H,1-2H3. The van der Waals surface area contributed by atoms with E-state index in [0.29, 0.717) is 0 Å². The van der Waals surface area contributed by atoms with Gasteiger partial charge in [0.1, 0.15) is 22.3 Å². The molecule has 0 fully saturated rings. The van der Waals surface area contributed by atoms with E-state index in [9.17, 15) is 0 Å². The molecule has 0 bridgehead atoms. The average Bonchev–Trinajstić information content (AvgIpc) is 4.00. The lowest BCUT2D eigenvalue weighted by atomic mass is 9.82. The van der Waals surface area contributed by atoms with Gasteiger partial charge in [-0.25, -0.2) is 0 Å². The molecule has 2 aromatic heterocycles. The van der Waals surface area contributed by atoms with E-state index < -0.39 is 0 Å². The van der Waals surface area contributed by atoms with Crippen molar-refractivity contribution >= 4 is 93.3 Å². The Morgan fingerprint density at radius 1 is 0.333 bits per heavy atom. The predicted octanol–water partition coefficient (Wildman–Crippen LogP) is 18.1. The van der Waals surface area contributed by atoms with E-state index in [2.05, 4.69) is 219 Å². The van der Waals surface area contributed by atoms with E-state index in [0.717, 1.165) is 77.6 Å². The molecule has 0 N–H and O–H groups in total. The minimum absolute atomic E-state index is 0.156. The SMILES string of the molecule is CC1(C)c2ccccc2-c2ccc(N(c3ccc(-c4cccc5c4oc4ccccc45)cc3)c3ccc4c(c3)oc3c(-c5cc6ccccc6c6ccccc56)c5ccccc5cc34)cc21. The van der Waals surface area contributed by atoms with Crippen LogP contribution in [-0.2, 0) is 5.41 Å². The molecule has 14 rings (SSSR count). The van der Waals surface area contributed by atoms with Crippen molar-refractivity contribution in [2.45, 2.75) is 19.3 Å². The summed E-state index contributed by atoms with van der Waals surface area (Å²) in [5.74, 6) is 0. The molecule has 1 aliphatic carbocycles. The van der Waals surface area contributed by atoms with Gasteiger partial charge in [-0.2, -0.15) is 0 Å². The molecule has 2 heterocycles.